The standard InChI is InChI=1S/C21H21FN2O2/c1-23-21(25)17-10-8-16(9-11-17)13-24(15-19-6-4-12-26-19)14-18-5-2-3-7-20(18)22/h2-12H,13-15H2,1H3,(H,23,25). The Balaban J connectivity index is 1.76. The fourth-order valence-electron chi connectivity index (χ4n) is 2.82. The van der Waals surface area contributed by atoms with Gasteiger partial charge in [0, 0.05) is 31.3 Å². The van der Waals surface area contributed by atoms with Crippen LogP contribution in [0.15, 0.2) is 71.3 Å². The molecule has 2 aromatic carbocycles. The first-order valence-electron chi connectivity index (χ1n) is 8.45. The van der Waals surface area contributed by atoms with Crippen LogP contribution < -0.4 is 5.32 Å². The Hall–Kier alpha value is -2.92. The second-order valence-corrected chi connectivity index (χ2v) is 6.09. The lowest BCUT2D eigenvalue weighted by molar-refractivity contribution is 0.0963. The fourth-order valence-corrected chi connectivity index (χ4v) is 2.82. The minimum absolute atomic E-state index is 0.115. The molecule has 0 spiro atoms. The van der Waals surface area contributed by atoms with Gasteiger partial charge in [0.1, 0.15) is 11.6 Å². The largest absolute Gasteiger partial charge is 0.468 e. The molecular formula is C21H21FN2O2. The van der Waals surface area contributed by atoms with E-state index in [1.165, 1.54) is 6.07 Å². The maximum absolute atomic E-state index is 14.1. The Labute approximate surface area is 152 Å². The van der Waals surface area contributed by atoms with Gasteiger partial charge in [0.2, 0.25) is 0 Å². The van der Waals surface area contributed by atoms with Gasteiger partial charge in [-0.2, -0.15) is 0 Å². The third-order valence-electron chi connectivity index (χ3n) is 4.16. The number of hydrogen-bond donors (Lipinski definition) is 1. The fraction of sp³-hybridized carbons (Fsp3) is 0.190. The van der Waals surface area contributed by atoms with E-state index in [1.807, 2.05) is 30.3 Å². The van der Waals surface area contributed by atoms with Crippen molar-refractivity contribution in [2.45, 2.75) is 19.6 Å². The van der Waals surface area contributed by atoms with Crippen LogP contribution in [0.5, 0.6) is 0 Å². The molecule has 4 nitrogen and oxygen atoms in total. The molecule has 5 heteroatoms. The zero-order chi connectivity index (χ0) is 18.4. The molecule has 3 rings (SSSR count). The normalized spacial score (nSPS) is 10.9. The number of rotatable bonds is 7. The van der Waals surface area contributed by atoms with Gasteiger partial charge < -0.3 is 9.73 Å². The van der Waals surface area contributed by atoms with E-state index in [0.29, 0.717) is 30.8 Å². The summed E-state index contributed by atoms with van der Waals surface area (Å²) < 4.78 is 19.5. The maximum Gasteiger partial charge on any atom is 0.251 e. The zero-order valence-corrected chi connectivity index (χ0v) is 14.6. The molecule has 0 aliphatic rings. The molecule has 1 aromatic heterocycles. The SMILES string of the molecule is CNC(=O)c1ccc(CN(Cc2ccco2)Cc2ccccc2F)cc1. The quantitative estimate of drug-likeness (QED) is 0.699. The summed E-state index contributed by atoms with van der Waals surface area (Å²) in [7, 11) is 1.61. The Morgan fingerprint density at radius 3 is 2.42 bits per heavy atom. The summed E-state index contributed by atoms with van der Waals surface area (Å²) >= 11 is 0. The van der Waals surface area contributed by atoms with E-state index < -0.39 is 0 Å². The van der Waals surface area contributed by atoms with E-state index in [0.717, 1.165) is 11.3 Å². The number of amides is 1. The first-order chi connectivity index (χ1) is 12.7. The molecule has 0 aliphatic carbocycles. The Morgan fingerprint density at radius 2 is 1.77 bits per heavy atom. The number of benzene rings is 2. The molecule has 0 radical (unpaired) electrons. The van der Waals surface area contributed by atoms with Gasteiger partial charge in [0.05, 0.1) is 12.8 Å². The highest BCUT2D eigenvalue weighted by molar-refractivity contribution is 5.93. The van der Waals surface area contributed by atoms with E-state index in [-0.39, 0.29) is 11.7 Å². The highest BCUT2D eigenvalue weighted by atomic mass is 19.1. The van der Waals surface area contributed by atoms with Crippen molar-refractivity contribution in [2.24, 2.45) is 0 Å². The predicted molar refractivity (Wildman–Crippen MR) is 97.9 cm³/mol. The van der Waals surface area contributed by atoms with Gasteiger partial charge in [-0.05, 0) is 35.9 Å². The highest BCUT2D eigenvalue weighted by Gasteiger charge is 2.13. The van der Waals surface area contributed by atoms with E-state index in [9.17, 15) is 9.18 Å². The lowest BCUT2D eigenvalue weighted by Gasteiger charge is -2.22. The van der Waals surface area contributed by atoms with Gasteiger partial charge in [-0.25, -0.2) is 4.39 Å². The average molecular weight is 352 g/mol. The van der Waals surface area contributed by atoms with Crippen LogP contribution in [-0.4, -0.2) is 17.9 Å². The average Bonchev–Trinajstić information content (AvgIpc) is 3.16. The number of nitrogens with zero attached hydrogens (tertiary/aromatic N) is 1. The van der Waals surface area contributed by atoms with E-state index >= 15 is 0 Å². The van der Waals surface area contributed by atoms with Gasteiger partial charge in [-0.15, -0.1) is 0 Å². The summed E-state index contributed by atoms with van der Waals surface area (Å²) in [6.45, 7) is 1.65. The first kappa shape index (κ1) is 17.9. The van der Waals surface area contributed by atoms with Crippen molar-refractivity contribution in [2.75, 3.05) is 7.05 Å². The van der Waals surface area contributed by atoms with Gasteiger partial charge in [-0.1, -0.05) is 30.3 Å². The number of furan rings is 1. The minimum Gasteiger partial charge on any atom is -0.468 e. The number of nitrogens with one attached hydrogen (secondary N) is 1. The second kappa shape index (κ2) is 8.45. The summed E-state index contributed by atoms with van der Waals surface area (Å²) in [6, 6.07) is 18.0. The van der Waals surface area contributed by atoms with Crippen molar-refractivity contribution in [3.63, 3.8) is 0 Å². The molecule has 0 saturated carbocycles. The molecule has 1 amide bonds. The van der Waals surface area contributed by atoms with Crippen molar-refractivity contribution in [3.05, 3.63) is 95.2 Å². The highest BCUT2D eigenvalue weighted by Crippen LogP contribution is 2.17. The number of carbonyl (C=O) groups is 1. The second-order valence-electron chi connectivity index (χ2n) is 6.09. The maximum atomic E-state index is 14.1. The van der Waals surface area contributed by atoms with Crippen LogP contribution in [0.1, 0.15) is 27.2 Å². The molecule has 0 atom stereocenters. The molecule has 134 valence electrons. The summed E-state index contributed by atoms with van der Waals surface area (Å²) in [6.07, 6.45) is 1.63. The van der Waals surface area contributed by atoms with Crippen LogP contribution in [-0.2, 0) is 19.6 Å². The molecule has 0 saturated heterocycles. The van der Waals surface area contributed by atoms with Crippen molar-refractivity contribution < 1.29 is 13.6 Å². The van der Waals surface area contributed by atoms with E-state index in [2.05, 4.69) is 10.2 Å². The Bertz CT molecular complexity index is 845. The van der Waals surface area contributed by atoms with E-state index in [1.54, 1.807) is 37.6 Å². The van der Waals surface area contributed by atoms with Crippen molar-refractivity contribution in [3.8, 4) is 0 Å². The smallest absolute Gasteiger partial charge is 0.251 e. The van der Waals surface area contributed by atoms with Crippen LogP contribution in [0.4, 0.5) is 4.39 Å². The van der Waals surface area contributed by atoms with Crippen LogP contribution in [0.3, 0.4) is 0 Å². The van der Waals surface area contributed by atoms with Gasteiger partial charge in [-0.3, -0.25) is 9.69 Å². The van der Waals surface area contributed by atoms with E-state index in [4.69, 9.17) is 4.42 Å². The van der Waals surface area contributed by atoms with Crippen LogP contribution >= 0.6 is 0 Å². The topological polar surface area (TPSA) is 45.5 Å². The van der Waals surface area contributed by atoms with Crippen molar-refractivity contribution in [1.29, 1.82) is 0 Å². The number of carbonyl (C=O) groups excluding carboxylic acids is 1. The molecule has 3 aromatic rings. The van der Waals surface area contributed by atoms with Crippen LogP contribution in [0.2, 0.25) is 0 Å². The molecule has 1 N–H and O–H groups in total. The molecule has 0 fully saturated rings. The number of halogens is 1. The van der Waals surface area contributed by atoms with Gasteiger partial charge in [0.15, 0.2) is 0 Å². The van der Waals surface area contributed by atoms with Crippen LogP contribution in [0.25, 0.3) is 0 Å². The lowest BCUT2D eigenvalue weighted by atomic mass is 10.1. The summed E-state index contributed by atoms with van der Waals surface area (Å²) in [5.41, 5.74) is 2.30. The summed E-state index contributed by atoms with van der Waals surface area (Å²) in [5, 5.41) is 2.61. The lowest BCUT2D eigenvalue weighted by Crippen LogP contribution is -2.23. The molecule has 26 heavy (non-hydrogen) atoms. The Morgan fingerprint density at radius 1 is 1.00 bits per heavy atom. The molecule has 0 aliphatic heterocycles. The summed E-state index contributed by atoms with van der Waals surface area (Å²) in [4.78, 5) is 13.8. The van der Waals surface area contributed by atoms with Crippen molar-refractivity contribution >= 4 is 5.91 Å². The summed E-state index contributed by atoms with van der Waals surface area (Å²) in [5.74, 6) is 0.491. The number of hydrogen-bond acceptors (Lipinski definition) is 3. The Kier molecular flexibility index (Phi) is 5.81. The monoisotopic (exact) mass is 352 g/mol. The molecule has 0 unspecified atom stereocenters. The predicted octanol–water partition coefficient (Wildman–Crippen LogP) is 3.98. The first-order valence-corrected chi connectivity index (χ1v) is 8.45. The third-order valence-corrected chi connectivity index (χ3v) is 4.16. The van der Waals surface area contributed by atoms with Gasteiger partial charge in [0.25, 0.3) is 5.91 Å². The molecular weight excluding hydrogens is 331 g/mol. The molecule has 0 bridgehead atoms. The zero-order valence-electron chi connectivity index (χ0n) is 14.6. The minimum atomic E-state index is -0.216. The third kappa shape index (κ3) is 4.58. The molecule has 1 heterocycles. The van der Waals surface area contributed by atoms with Gasteiger partial charge >= 0.3 is 0 Å². The van der Waals surface area contributed by atoms with Crippen molar-refractivity contribution in [1.82, 2.24) is 10.2 Å². The van der Waals surface area contributed by atoms with Crippen LogP contribution in [0, 0.1) is 5.82 Å².